The number of H-pyrrole nitrogens is 1. The number of carbonyl (C=O) groups is 2. The summed E-state index contributed by atoms with van der Waals surface area (Å²) in [7, 11) is 3.25. The minimum atomic E-state index is -0.249. The lowest BCUT2D eigenvalue weighted by Crippen LogP contribution is -2.24. The minimum absolute atomic E-state index is 0.149. The molecule has 4 aromatic heterocycles. The van der Waals surface area contributed by atoms with Crippen LogP contribution < -0.4 is 5.56 Å². The van der Waals surface area contributed by atoms with Gasteiger partial charge in [0.2, 0.25) is 5.91 Å². The summed E-state index contributed by atoms with van der Waals surface area (Å²) >= 11 is 7.60. The molecule has 1 amide bonds. The van der Waals surface area contributed by atoms with E-state index in [0.717, 1.165) is 28.1 Å². The third kappa shape index (κ3) is 4.75. The molecule has 6 rings (SSSR count). The van der Waals surface area contributed by atoms with Crippen molar-refractivity contribution in [2.75, 3.05) is 14.1 Å². The van der Waals surface area contributed by atoms with Crippen LogP contribution in [0.15, 0.2) is 59.1 Å². The Bertz CT molecular complexity index is 1800. The van der Waals surface area contributed by atoms with Crippen LogP contribution in [0.4, 0.5) is 0 Å². The molecule has 13 heteroatoms. The molecule has 1 N–H and O–H groups in total. The van der Waals surface area contributed by atoms with Gasteiger partial charge in [0, 0.05) is 47.4 Å². The van der Waals surface area contributed by atoms with Crippen molar-refractivity contribution < 1.29 is 9.59 Å². The number of tetrazole rings is 1. The molecule has 0 saturated heterocycles. The number of pyridine rings is 1. The number of carbonyl (C=O) groups excluding carboxylic acids is 2. The molecule has 0 radical (unpaired) electrons. The molecule has 202 valence electrons. The Hall–Kier alpha value is -4.42. The van der Waals surface area contributed by atoms with Crippen molar-refractivity contribution >= 4 is 34.6 Å². The van der Waals surface area contributed by atoms with Crippen LogP contribution in [0.3, 0.4) is 0 Å². The number of aromatic amines is 1. The van der Waals surface area contributed by atoms with Gasteiger partial charge in [-0.05, 0) is 59.2 Å². The number of ketones is 1. The van der Waals surface area contributed by atoms with Gasteiger partial charge in [-0.3, -0.25) is 14.4 Å². The van der Waals surface area contributed by atoms with Crippen molar-refractivity contribution in [3.05, 3.63) is 86.1 Å². The van der Waals surface area contributed by atoms with E-state index in [1.54, 1.807) is 49.1 Å². The number of nitrogens with one attached hydrogen (secondary N) is 1. The van der Waals surface area contributed by atoms with Gasteiger partial charge < -0.3 is 14.5 Å². The van der Waals surface area contributed by atoms with E-state index in [2.05, 4.69) is 25.5 Å². The number of Topliss-reactive ketones (excluding diaryl/α,β-unsaturated/α-hetero) is 1. The van der Waals surface area contributed by atoms with E-state index < -0.39 is 0 Å². The summed E-state index contributed by atoms with van der Waals surface area (Å²) in [6.45, 7) is 0. The van der Waals surface area contributed by atoms with Gasteiger partial charge in [0.05, 0.1) is 34.9 Å². The molecule has 1 aliphatic heterocycles. The summed E-state index contributed by atoms with van der Waals surface area (Å²) in [6, 6.07) is 10.5. The van der Waals surface area contributed by atoms with Crippen molar-refractivity contribution in [3.8, 4) is 28.1 Å². The lowest BCUT2D eigenvalue weighted by atomic mass is 10.0. The highest BCUT2D eigenvalue weighted by Crippen LogP contribution is 2.35. The first kappa shape index (κ1) is 25.8. The molecule has 0 fully saturated rings. The Morgan fingerprint density at radius 3 is 2.80 bits per heavy atom. The number of rotatable bonds is 7. The number of hydrogen-bond donors (Lipinski definition) is 1. The van der Waals surface area contributed by atoms with Crippen LogP contribution in [0.2, 0.25) is 5.02 Å². The lowest BCUT2D eigenvalue weighted by molar-refractivity contribution is -0.127. The van der Waals surface area contributed by atoms with E-state index in [9.17, 15) is 14.4 Å². The highest BCUT2D eigenvalue weighted by atomic mass is 35.5. The zero-order valence-electron chi connectivity index (χ0n) is 21.5. The van der Waals surface area contributed by atoms with Crippen molar-refractivity contribution in [2.24, 2.45) is 0 Å². The maximum atomic E-state index is 13.4. The van der Waals surface area contributed by atoms with Crippen LogP contribution in [0.5, 0.6) is 0 Å². The lowest BCUT2D eigenvalue weighted by Gasteiger charge is -2.15. The molecule has 11 nitrogen and oxygen atoms in total. The van der Waals surface area contributed by atoms with Gasteiger partial charge in [-0.1, -0.05) is 11.6 Å². The van der Waals surface area contributed by atoms with Crippen LogP contribution in [-0.4, -0.2) is 65.4 Å². The van der Waals surface area contributed by atoms with E-state index in [-0.39, 0.29) is 29.7 Å². The first-order valence-electron chi connectivity index (χ1n) is 12.4. The maximum absolute atomic E-state index is 13.4. The monoisotopic (exact) mass is 574 g/mol. The van der Waals surface area contributed by atoms with E-state index in [1.807, 2.05) is 17.5 Å². The molecule has 0 spiro atoms. The molecule has 0 bridgehead atoms. The van der Waals surface area contributed by atoms with Gasteiger partial charge in [-0.15, -0.1) is 16.4 Å². The van der Waals surface area contributed by atoms with Gasteiger partial charge >= 0.3 is 0 Å². The number of fused-ring (bicyclic) bond motifs is 1. The summed E-state index contributed by atoms with van der Waals surface area (Å²) in [4.78, 5) is 47.7. The van der Waals surface area contributed by atoms with Crippen LogP contribution in [0.1, 0.15) is 40.1 Å². The van der Waals surface area contributed by atoms with E-state index in [1.165, 1.54) is 27.2 Å². The topological polar surface area (TPSA) is 132 Å². The SMILES string of the molecule is CN(C)C(=O)CC(=O)c1cc(-c2cnc([C@@H]3CCc4cc(-c5cc(Cl)ccc5-n5cnnn5)cc(=O)n43)[nH]2)cs1. The fraction of sp³-hybridized carbons (Fsp3) is 0.222. The number of amides is 1. The Balaban J connectivity index is 1.28. The fourth-order valence-corrected chi connectivity index (χ4v) is 5.90. The number of halogens is 1. The Kier molecular flexibility index (Phi) is 6.64. The number of imidazole rings is 1. The summed E-state index contributed by atoms with van der Waals surface area (Å²) < 4.78 is 3.30. The van der Waals surface area contributed by atoms with E-state index >= 15 is 0 Å². The number of benzene rings is 1. The summed E-state index contributed by atoms with van der Waals surface area (Å²) in [5.41, 5.74) is 4.48. The van der Waals surface area contributed by atoms with Gasteiger partial charge in [-0.2, -0.15) is 4.68 Å². The molecule has 40 heavy (non-hydrogen) atoms. The number of hydrogen-bond acceptors (Lipinski definition) is 8. The van der Waals surface area contributed by atoms with Crippen molar-refractivity contribution in [3.63, 3.8) is 0 Å². The molecule has 1 aliphatic rings. The number of thiophene rings is 1. The first-order chi connectivity index (χ1) is 19.3. The summed E-state index contributed by atoms with van der Waals surface area (Å²) in [5, 5.41) is 13.8. The average Bonchev–Trinajstić information content (AvgIpc) is 3.73. The third-order valence-electron chi connectivity index (χ3n) is 6.91. The van der Waals surface area contributed by atoms with Crippen LogP contribution in [0, 0.1) is 0 Å². The highest BCUT2D eigenvalue weighted by molar-refractivity contribution is 7.12. The molecule has 1 aromatic carbocycles. The van der Waals surface area contributed by atoms with Gasteiger partial charge in [-0.25, -0.2) is 4.98 Å². The quantitative estimate of drug-likeness (QED) is 0.231. The number of aryl methyl sites for hydroxylation is 1. The average molecular weight is 575 g/mol. The van der Waals surface area contributed by atoms with Crippen molar-refractivity contribution in [1.82, 2.24) is 39.6 Å². The summed E-state index contributed by atoms with van der Waals surface area (Å²) in [5.74, 6) is 0.214. The van der Waals surface area contributed by atoms with Gasteiger partial charge in [0.25, 0.3) is 5.56 Å². The molecule has 0 unspecified atom stereocenters. The Morgan fingerprint density at radius 1 is 1.18 bits per heavy atom. The highest BCUT2D eigenvalue weighted by Gasteiger charge is 2.28. The molecule has 5 heterocycles. The first-order valence-corrected chi connectivity index (χ1v) is 13.7. The maximum Gasteiger partial charge on any atom is 0.252 e. The standard InChI is InChI=1S/C27H23ClN8O3S/c1-34(2)25(38)11-23(37)24-8-16(13-40-24)20-12-29-27(31-20)22-6-4-18-7-15(9-26(39)36(18)22)19-10-17(28)3-5-21(19)35-14-30-32-33-35/h3,5,7-10,12-14,22H,4,6,11H2,1-2H3,(H,29,31)/t22-/m0/s1. The predicted octanol–water partition coefficient (Wildman–Crippen LogP) is 3.79. The van der Waals surface area contributed by atoms with Gasteiger partial charge in [0.15, 0.2) is 5.78 Å². The molecule has 0 aliphatic carbocycles. The number of nitrogens with zero attached hydrogens (tertiary/aromatic N) is 7. The van der Waals surface area contributed by atoms with Crippen LogP contribution in [-0.2, 0) is 11.2 Å². The van der Waals surface area contributed by atoms with E-state index in [4.69, 9.17) is 11.6 Å². The second kappa shape index (κ2) is 10.3. The third-order valence-corrected chi connectivity index (χ3v) is 8.11. The molecule has 1 atom stereocenters. The normalized spacial score (nSPS) is 14.3. The molecular formula is C27H23ClN8O3S. The van der Waals surface area contributed by atoms with Crippen LogP contribution >= 0.6 is 22.9 Å². The van der Waals surface area contributed by atoms with Crippen LogP contribution in [0.25, 0.3) is 28.1 Å². The predicted molar refractivity (Wildman–Crippen MR) is 150 cm³/mol. The smallest absolute Gasteiger partial charge is 0.252 e. The molecule has 5 aromatic rings. The fourth-order valence-electron chi connectivity index (χ4n) is 4.88. The van der Waals surface area contributed by atoms with Crippen molar-refractivity contribution in [1.29, 1.82) is 0 Å². The number of aromatic nitrogens is 7. The largest absolute Gasteiger partial charge is 0.348 e. The van der Waals surface area contributed by atoms with Gasteiger partial charge in [0.1, 0.15) is 12.2 Å². The Morgan fingerprint density at radius 2 is 2.02 bits per heavy atom. The molecular weight excluding hydrogens is 552 g/mol. The van der Waals surface area contributed by atoms with E-state index in [0.29, 0.717) is 34.3 Å². The second-order valence-corrected chi connectivity index (χ2v) is 11.0. The summed E-state index contributed by atoms with van der Waals surface area (Å²) in [6.07, 6.45) is 4.44. The minimum Gasteiger partial charge on any atom is -0.348 e. The van der Waals surface area contributed by atoms with Crippen molar-refractivity contribution in [2.45, 2.75) is 25.3 Å². The molecule has 0 saturated carbocycles. The second-order valence-electron chi connectivity index (χ2n) is 9.68. The zero-order chi connectivity index (χ0) is 28.0. The Labute approximate surface area is 237 Å². The zero-order valence-corrected chi connectivity index (χ0v) is 23.1.